The molecule has 0 saturated carbocycles. The van der Waals surface area contributed by atoms with Gasteiger partial charge in [-0.3, -0.25) is 4.98 Å². The van der Waals surface area contributed by atoms with Crippen LogP contribution >= 0.6 is 0 Å². The van der Waals surface area contributed by atoms with E-state index in [1.807, 2.05) is 12.1 Å². The Morgan fingerprint density at radius 2 is 2.00 bits per heavy atom. The minimum atomic E-state index is -1.35. The number of hydrogen-bond acceptors (Lipinski definition) is 4. The fourth-order valence-corrected chi connectivity index (χ4v) is 1.62. The summed E-state index contributed by atoms with van der Waals surface area (Å²) in [4.78, 5) is 16.2. The lowest BCUT2D eigenvalue weighted by molar-refractivity contribution is -0.147. The van der Waals surface area contributed by atoms with Crippen LogP contribution in [0.3, 0.4) is 0 Å². The van der Waals surface area contributed by atoms with E-state index in [-0.39, 0.29) is 12.0 Å². The standard InChI is InChI=1S/C15H20N2O2/c1-6-19-13(18)15(5,10-16)12-8-7-11(9-17-12)14(2,3)4/h7-9H,6H2,1-5H3. The van der Waals surface area contributed by atoms with Crippen molar-refractivity contribution in [3.05, 3.63) is 29.6 Å². The van der Waals surface area contributed by atoms with Crippen LogP contribution < -0.4 is 0 Å². The quantitative estimate of drug-likeness (QED) is 0.784. The van der Waals surface area contributed by atoms with Gasteiger partial charge in [0.15, 0.2) is 5.41 Å². The average molecular weight is 260 g/mol. The molecule has 0 aromatic carbocycles. The van der Waals surface area contributed by atoms with E-state index in [9.17, 15) is 10.1 Å². The van der Waals surface area contributed by atoms with Crippen molar-refractivity contribution in [1.29, 1.82) is 5.26 Å². The van der Waals surface area contributed by atoms with Gasteiger partial charge >= 0.3 is 5.97 Å². The summed E-state index contributed by atoms with van der Waals surface area (Å²) >= 11 is 0. The number of hydrogen-bond donors (Lipinski definition) is 0. The number of aromatic nitrogens is 1. The van der Waals surface area contributed by atoms with E-state index in [0.29, 0.717) is 5.69 Å². The molecule has 0 spiro atoms. The van der Waals surface area contributed by atoms with Gasteiger partial charge in [0.2, 0.25) is 0 Å². The molecule has 1 aromatic rings. The van der Waals surface area contributed by atoms with Crippen LogP contribution in [0.2, 0.25) is 0 Å². The van der Waals surface area contributed by atoms with Crippen LogP contribution in [-0.4, -0.2) is 17.6 Å². The van der Waals surface area contributed by atoms with Crippen LogP contribution in [0.15, 0.2) is 18.3 Å². The molecule has 1 rings (SSSR count). The second-order valence-corrected chi connectivity index (χ2v) is 5.64. The van der Waals surface area contributed by atoms with Gasteiger partial charge in [0.05, 0.1) is 18.4 Å². The molecular weight excluding hydrogens is 240 g/mol. The van der Waals surface area contributed by atoms with Crippen molar-refractivity contribution in [2.75, 3.05) is 6.61 Å². The molecule has 1 unspecified atom stereocenters. The van der Waals surface area contributed by atoms with E-state index in [0.717, 1.165) is 5.56 Å². The largest absolute Gasteiger partial charge is 0.465 e. The van der Waals surface area contributed by atoms with Crippen molar-refractivity contribution in [2.45, 2.75) is 45.4 Å². The van der Waals surface area contributed by atoms with Crippen LogP contribution in [0.1, 0.15) is 45.9 Å². The average Bonchev–Trinajstić information content (AvgIpc) is 2.37. The first-order chi connectivity index (χ1) is 8.75. The molecule has 1 aromatic heterocycles. The molecule has 0 N–H and O–H groups in total. The van der Waals surface area contributed by atoms with Gasteiger partial charge in [-0.1, -0.05) is 26.8 Å². The van der Waals surface area contributed by atoms with E-state index >= 15 is 0 Å². The molecule has 0 radical (unpaired) electrons. The molecule has 4 nitrogen and oxygen atoms in total. The van der Waals surface area contributed by atoms with Crippen LogP contribution in [0.25, 0.3) is 0 Å². The second kappa shape index (κ2) is 5.40. The zero-order valence-corrected chi connectivity index (χ0v) is 12.2. The third-order valence-corrected chi connectivity index (χ3v) is 3.05. The smallest absolute Gasteiger partial charge is 0.332 e. The maximum absolute atomic E-state index is 11.9. The number of rotatable bonds is 3. The summed E-state index contributed by atoms with van der Waals surface area (Å²) in [7, 11) is 0. The Hall–Kier alpha value is -1.89. The second-order valence-electron chi connectivity index (χ2n) is 5.64. The molecule has 102 valence electrons. The SMILES string of the molecule is CCOC(=O)C(C)(C#N)c1ccc(C(C)(C)C)cn1. The number of carbonyl (C=O) groups is 1. The van der Waals surface area contributed by atoms with E-state index in [4.69, 9.17) is 4.74 Å². The van der Waals surface area contributed by atoms with Crippen LogP contribution in [0, 0.1) is 11.3 Å². The molecule has 0 aliphatic rings. The third kappa shape index (κ3) is 3.11. The van der Waals surface area contributed by atoms with E-state index < -0.39 is 11.4 Å². The first-order valence-corrected chi connectivity index (χ1v) is 6.31. The Labute approximate surface area is 114 Å². The topological polar surface area (TPSA) is 63.0 Å². The minimum Gasteiger partial charge on any atom is -0.465 e. The Balaban J connectivity index is 3.15. The molecule has 1 heterocycles. The summed E-state index contributed by atoms with van der Waals surface area (Å²) in [5.74, 6) is -0.562. The highest BCUT2D eigenvalue weighted by molar-refractivity contribution is 5.85. The van der Waals surface area contributed by atoms with Gasteiger partial charge in [-0.15, -0.1) is 0 Å². The fourth-order valence-electron chi connectivity index (χ4n) is 1.62. The molecule has 0 bridgehead atoms. The number of nitriles is 1. The molecule has 0 aliphatic carbocycles. The number of esters is 1. The number of ether oxygens (including phenoxy) is 1. The van der Waals surface area contributed by atoms with E-state index in [1.165, 1.54) is 6.92 Å². The predicted octanol–water partition coefficient (Wildman–Crippen LogP) is 2.72. The van der Waals surface area contributed by atoms with Crippen molar-refractivity contribution >= 4 is 5.97 Å². The van der Waals surface area contributed by atoms with Gasteiger partial charge < -0.3 is 4.74 Å². The van der Waals surface area contributed by atoms with Gasteiger partial charge in [0, 0.05) is 6.20 Å². The molecular formula is C15H20N2O2. The van der Waals surface area contributed by atoms with Crippen molar-refractivity contribution in [1.82, 2.24) is 4.98 Å². The lowest BCUT2D eigenvalue weighted by Crippen LogP contribution is -2.34. The monoisotopic (exact) mass is 260 g/mol. The third-order valence-electron chi connectivity index (χ3n) is 3.05. The Bertz CT molecular complexity index is 494. The highest BCUT2D eigenvalue weighted by Crippen LogP contribution is 2.26. The summed E-state index contributed by atoms with van der Waals surface area (Å²) in [6.07, 6.45) is 1.71. The highest BCUT2D eigenvalue weighted by Gasteiger charge is 2.38. The van der Waals surface area contributed by atoms with Crippen molar-refractivity contribution in [3.63, 3.8) is 0 Å². The zero-order valence-electron chi connectivity index (χ0n) is 12.2. The van der Waals surface area contributed by atoms with Crippen LogP contribution in [-0.2, 0) is 20.4 Å². The van der Waals surface area contributed by atoms with Gasteiger partial charge in [-0.2, -0.15) is 5.26 Å². The van der Waals surface area contributed by atoms with Gasteiger partial charge in [-0.25, -0.2) is 4.79 Å². The minimum absolute atomic E-state index is 0.0154. The zero-order chi connectivity index (χ0) is 14.7. The van der Waals surface area contributed by atoms with Gasteiger partial charge in [0.1, 0.15) is 0 Å². The number of carbonyl (C=O) groups excluding carboxylic acids is 1. The lowest BCUT2D eigenvalue weighted by Gasteiger charge is -2.22. The predicted molar refractivity (Wildman–Crippen MR) is 72.5 cm³/mol. The Morgan fingerprint density at radius 1 is 1.37 bits per heavy atom. The van der Waals surface area contributed by atoms with Gasteiger partial charge in [-0.05, 0) is 30.9 Å². The maximum atomic E-state index is 11.9. The van der Waals surface area contributed by atoms with Crippen molar-refractivity contribution in [2.24, 2.45) is 0 Å². The molecule has 0 amide bonds. The van der Waals surface area contributed by atoms with Crippen LogP contribution in [0.4, 0.5) is 0 Å². The molecule has 1 atom stereocenters. The molecule has 4 heteroatoms. The van der Waals surface area contributed by atoms with Crippen LogP contribution in [0.5, 0.6) is 0 Å². The fraction of sp³-hybridized carbons (Fsp3) is 0.533. The molecule has 0 saturated heterocycles. The molecule has 0 fully saturated rings. The lowest BCUT2D eigenvalue weighted by atomic mass is 9.85. The highest BCUT2D eigenvalue weighted by atomic mass is 16.5. The van der Waals surface area contributed by atoms with E-state index in [1.54, 1.807) is 19.2 Å². The summed E-state index contributed by atoms with van der Waals surface area (Å²) in [5, 5.41) is 9.27. The summed E-state index contributed by atoms with van der Waals surface area (Å²) in [6.45, 7) is 9.74. The number of pyridine rings is 1. The van der Waals surface area contributed by atoms with Crippen molar-refractivity contribution < 1.29 is 9.53 Å². The Morgan fingerprint density at radius 3 is 2.37 bits per heavy atom. The first kappa shape index (κ1) is 15.2. The van der Waals surface area contributed by atoms with E-state index in [2.05, 4.69) is 25.8 Å². The molecule has 19 heavy (non-hydrogen) atoms. The normalized spacial score (nSPS) is 14.3. The van der Waals surface area contributed by atoms with Gasteiger partial charge in [0.25, 0.3) is 0 Å². The maximum Gasteiger partial charge on any atom is 0.332 e. The summed E-state index contributed by atoms with van der Waals surface area (Å²) in [5.41, 5.74) is 0.104. The number of nitrogens with zero attached hydrogens (tertiary/aromatic N) is 2. The van der Waals surface area contributed by atoms with Crippen molar-refractivity contribution in [3.8, 4) is 6.07 Å². The summed E-state index contributed by atoms with van der Waals surface area (Å²) in [6, 6.07) is 5.62. The molecule has 0 aliphatic heterocycles. The summed E-state index contributed by atoms with van der Waals surface area (Å²) < 4.78 is 4.95. The first-order valence-electron chi connectivity index (χ1n) is 6.31. The Kier molecular flexibility index (Phi) is 4.31.